The van der Waals surface area contributed by atoms with Crippen molar-refractivity contribution in [3.05, 3.63) is 34.1 Å². The minimum Gasteiger partial charge on any atom is -0.388 e. The second kappa shape index (κ2) is 4.71. The number of rotatable bonds is 2. The molecule has 1 aromatic rings. The Balaban J connectivity index is 3.11. The molecule has 0 radical (unpaired) electrons. The number of hydrogen-bond donors (Lipinski definition) is 2. The van der Waals surface area contributed by atoms with E-state index in [1.807, 2.05) is 0 Å². The Kier molecular flexibility index (Phi) is 3.58. The molecule has 74 valence electrons. The topological polar surface area (TPSA) is 76.8 Å². The van der Waals surface area contributed by atoms with E-state index in [0.29, 0.717) is 10.0 Å². The molecule has 6 heteroatoms. The summed E-state index contributed by atoms with van der Waals surface area (Å²) in [6.07, 6.45) is 1.00. The quantitative estimate of drug-likeness (QED) is 0.475. The predicted octanol–water partition coefficient (Wildman–Crippen LogP) is 1.20. The molecule has 0 fully saturated rings. The molecule has 14 heavy (non-hydrogen) atoms. The molecule has 0 heterocycles. The van der Waals surface area contributed by atoms with Crippen molar-refractivity contribution in [3.8, 4) is 0 Å². The van der Waals surface area contributed by atoms with Crippen molar-refractivity contribution in [1.82, 2.24) is 0 Å². The normalized spacial score (nSPS) is 12.3. The zero-order valence-corrected chi connectivity index (χ0v) is 8.70. The molecule has 0 aromatic heterocycles. The first-order valence-electron chi connectivity index (χ1n) is 3.67. The van der Waals surface area contributed by atoms with Gasteiger partial charge in [-0.05, 0) is 18.2 Å². The van der Waals surface area contributed by atoms with Crippen LogP contribution in [0.3, 0.4) is 0 Å². The molecule has 0 atom stereocenters. The van der Waals surface area contributed by atoms with Gasteiger partial charge in [-0.15, -0.1) is 10.2 Å². The van der Waals surface area contributed by atoms with Crippen molar-refractivity contribution in [3.63, 3.8) is 0 Å². The van der Waals surface area contributed by atoms with Gasteiger partial charge < -0.3 is 11.5 Å². The first-order valence-corrected chi connectivity index (χ1v) is 4.46. The predicted molar refractivity (Wildman–Crippen MR) is 57.5 cm³/mol. The summed E-state index contributed by atoms with van der Waals surface area (Å²) in [6, 6.07) is 4.11. The number of benzene rings is 1. The van der Waals surface area contributed by atoms with E-state index >= 15 is 0 Å². The van der Waals surface area contributed by atoms with Gasteiger partial charge in [-0.2, -0.15) is 0 Å². The molecule has 0 amide bonds. The number of nitrogens with two attached hydrogens (primary N) is 2. The highest BCUT2D eigenvalue weighted by atomic mass is 79.9. The van der Waals surface area contributed by atoms with Crippen LogP contribution in [0.15, 0.2) is 32.9 Å². The van der Waals surface area contributed by atoms with Gasteiger partial charge in [0, 0.05) is 10.0 Å². The molecule has 1 aromatic carbocycles. The number of halogens is 2. The summed E-state index contributed by atoms with van der Waals surface area (Å²) in [5, 5.41) is 6.95. The van der Waals surface area contributed by atoms with E-state index in [0.717, 1.165) is 6.34 Å². The number of hydrogen-bond acceptors (Lipinski definition) is 2. The van der Waals surface area contributed by atoms with Gasteiger partial charge in [-0.3, -0.25) is 0 Å². The first kappa shape index (κ1) is 10.6. The summed E-state index contributed by atoms with van der Waals surface area (Å²) >= 11 is 3.21. The highest BCUT2D eigenvalue weighted by Gasteiger charge is 2.05. The van der Waals surface area contributed by atoms with Crippen LogP contribution in [0.4, 0.5) is 4.39 Å². The molecular formula is C8H8BrFN4. The van der Waals surface area contributed by atoms with Crippen molar-refractivity contribution in [1.29, 1.82) is 0 Å². The van der Waals surface area contributed by atoms with Gasteiger partial charge in [0.15, 0.2) is 5.84 Å². The minimum atomic E-state index is -0.391. The molecule has 4 nitrogen and oxygen atoms in total. The first-order chi connectivity index (χ1) is 6.65. The standard InChI is InChI=1S/C8H8BrFN4/c9-7-2-1-5(10)3-6(7)8(12)14-13-4-11/h1-4H,(H2,11,13)(H2,12,14). The third kappa shape index (κ3) is 2.53. The maximum Gasteiger partial charge on any atom is 0.154 e. The Hall–Kier alpha value is -1.43. The zero-order chi connectivity index (χ0) is 10.6. The van der Waals surface area contributed by atoms with E-state index in [1.54, 1.807) is 6.07 Å². The van der Waals surface area contributed by atoms with Crippen molar-refractivity contribution < 1.29 is 4.39 Å². The lowest BCUT2D eigenvalue weighted by molar-refractivity contribution is 0.627. The Morgan fingerprint density at radius 2 is 2.21 bits per heavy atom. The minimum absolute atomic E-state index is 0.0954. The van der Waals surface area contributed by atoms with Gasteiger partial charge in [0.1, 0.15) is 12.2 Å². The van der Waals surface area contributed by atoms with Gasteiger partial charge in [-0.1, -0.05) is 15.9 Å². The van der Waals surface area contributed by atoms with Gasteiger partial charge >= 0.3 is 0 Å². The molecule has 0 unspecified atom stereocenters. The third-order valence-corrected chi connectivity index (χ3v) is 2.13. The Labute approximate surface area is 88.6 Å². The van der Waals surface area contributed by atoms with Crippen LogP contribution in [-0.4, -0.2) is 12.2 Å². The molecule has 0 spiro atoms. The fourth-order valence-corrected chi connectivity index (χ4v) is 1.29. The molecule has 0 saturated carbocycles. The SMILES string of the molecule is N/C=N\N=C(/N)c1cc(F)ccc1Br. The average molecular weight is 259 g/mol. The van der Waals surface area contributed by atoms with Crippen LogP contribution < -0.4 is 11.5 Å². The van der Waals surface area contributed by atoms with Crippen LogP contribution in [0.1, 0.15) is 5.56 Å². The summed E-state index contributed by atoms with van der Waals surface area (Å²) in [7, 11) is 0. The smallest absolute Gasteiger partial charge is 0.154 e. The molecule has 1 rings (SSSR count). The second-order valence-electron chi connectivity index (χ2n) is 2.37. The molecule has 0 bridgehead atoms. The van der Waals surface area contributed by atoms with E-state index < -0.39 is 5.82 Å². The highest BCUT2D eigenvalue weighted by Crippen LogP contribution is 2.17. The largest absolute Gasteiger partial charge is 0.388 e. The highest BCUT2D eigenvalue weighted by molar-refractivity contribution is 9.10. The van der Waals surface area contributed by atoms with Crippen LogP contribution in [0.2, 0.25) is 0 Å². The lowest BCUT2D eigenvalue weighted by Crippen LogP contribution is -2.14. The molecule has 0 aliphatic heterocycles. The number of amidine groups is 1. The van der Waals surface area contributed by atoms with Gasteiger partial charge in [0.05, 0.1) is 0 Å². The molecule has 4 N–H and O–H groups in total. The number of nitrogens with zero attached hydrogens (tertiary/aromatic N) is 2. The monoisotopic (exact) mass is 258 g/mol. The van der Waals surface area contributed by atoms with E-state index in [4.69, 9.17) is 11.5 Å². The summed E-state index contributed by atoms with van der Waals surface area (Å²) in [5.41, 5.74) is 11.0. The van der Waals surface area contributed by atoms with E-state index in [9.17, 15) is 4.39 Å². The summed E-state index contributed by atoms with van der Waals surface area (Å²) in [6.45, 7) is 0. The summed E-state index contributed by atoms with van der Waals surface area (Å²) in [4.78, 5) is 0. The van der Waals surface area contributed by atoms with Crippen molar-refractivity contribution in [2.75, 3.05) is 0 Å². The van der Waals surface area contributed by atoms with Crippen molar-refractivity contribution >= 4 is 28.1 Å². The Morgan fingerprint density at radius 3 is 2.86 bits per heavy atom. The van der Waals surface area contributed by atoms with E-state index in [1.165, 1.54) is 12.1 Å². The van der Waals surface area contributed by atoms with Crippen LogP contribution in [0.5, 0.6) is 0 Å². The summed E-state index contributed by atoms with van der Waals surface area (Å²) in [5.74, 6) is -0.295. The lowest BCUT2D eigenvalue weighted by Gasteiger charge is -2.01. The lowest BCUT2D eigenvalue weighted by atomic mass is 10.2. The van der Waals surface area contributed by atoms with Crippen molar-refractivity contribution in [2.45, 2.75) is 0 Å². The van der Waals surface area contributed by atoms with E-state index in [2.05, 4.69) is 26.1 Å². The zero-order valence-electron chi connectivity index (χ0n) is 7.11. The van der Waals surface area contributed by atoms with Gasteiger partial charge in [0.2, 0.25) is 0 Å². The van der Waals surface area contributed by atoms with Gasteiger partial charge in [-0.25, -0.2) is 4.39 Å². The Morgan fingerprint density at radius 1 is 1.50 bits per heavy atom. The molecule has 0 aliphatic rings. The fourth-order valence-electron chi connectivity index (χ4n) is 0.843. The van der Waals surface area contributed by atoms with Gasteiger partial charge in [0.25, 0.3) is 0 Å². The van der Waals surface area contributed by atoms with E-state index in [-0.39, 0.29) is 5.84 Å². The van der Waals surface area contributed by atoms with Crippen LogP contribution >= 0.6 is 15.9 Å². The Bertz CT molecular complexity index is 389. The average Bonchev–Trinajstić information content (AvgIpc) is 2.18. The van der Waals surface area contributed by atoms with Crippen LogP contribution in [0, 0.1) is 5.82 Å². The maximum atomic E-state index is 12.8. The molecule has 0 saturated heterocycles. The second-order valence-corrected chi connectivity index (χ2v) is 3.23. The molecular weight excluding hydrogens is 251 g/mol. The maximum absolute atomic E-state index is 12.8. The molecule has 0 aliphatic carbocycles. The van der Waals surface area contributed by atoms with Crippen LogP contribution in [-0.2, 0) is 0 Å². The third-order valence-electron chi connectivity index (χ3n) is 1.44. The fraction of sp³-hybridized carbons (Fsp3) is 0. The van der Waals surface area contributed by atoms with Crippen LogP contribution in [0.25, 0.3) is 0 Å². The van der Waals surface area contributed by atoms with Crippen molar-refractivity contribution in [2.24, 2.45) is 21.7 Å². The summed E-state index contributed by atoms with van der Waals surface area (Å²) < 4.78 is 13.5.